The second kappa shape index (κ2) is 21.1. The van der Waals surface area contributed by atoms with E-state index >= 15 is 0 Å². The fraction of sp³-hybridized carbons (Fsp3) is 0.960. The minimum Gasteiger partial charge on any atom is -0.396 e. The van der Waals surface area contributed by atoms with Gasteiger partial charge in [-0.1, -0.05) is 123 Å². The molecule has 2 atom stereocenters. The van der Waals surface area contributed by atoms with Gasteiger partial charge in [-0.3, -0.25) is 4.79 Å². The number of nitrogens with two attached hydrogens (primary N) is 1. The van der Waals surface area contributed by atoms with Gasteiger partial charge >= 0.3 is 0 Å². The van der Waals surface area contributed by atoms with E-state index in [0.717, 1.165) is 32.1 Å². The van der Waals surface area contributed by atoms with E-state index in [1.54, 1.807) is 0 Å². The molecule has 0 aromatic rings. The molecule has 0 fully saturated rings. The Bertz CT molecular complexity index is 333. The Morgan fingerprint density at radius 3 is 1.39 bits per heavy atom. The van der Waals surface area contributed by atoms with Crippen LogP contribution >= 0.6 is 0 Å². The summed E-state index contributed by atoms with van der Waals surface area (Å²) in [7, 11) is 0. The van der Waals surface area contributed by atoms with Crippen molar-refractivity contribution in [2.45, 2.75) is 136 Å². The van der Waals surface area contributed by atoms with Crippen LogP contribution in [0.15, 0.2) is 0 Å². The predicted molar refractivity (Wildman–Crippen MR) is 122 cm³/mol. The van der Waals surface area contributed by atoms with Gasteiger partial charge in [0.25, 0.3) is 0 Å². The lowest BCUT2D eigenvalue weighted by Gasteiger charge is -2.22. The molecule has 3 nitrogen and oxygen atoms in total. The average Bonchev–Trinajstić information content (AvgIpc) is 2.69. The molecule has 0 aromatic heterocycles. The Kier molecular flexibility index (Phi) is 20.7. The molecule has 0 spiro atoms. The number of hydrogen-bond acceptors (Lipinski definition) is 2. The van der Waals surface area contributed by atoms with Crippen LogP contribution in [0.2, 0.25) is 0 Å². The van der Waals surface area contributed by atoms with Crippen LogP contribution in [0, 0.1) is 11.8 Å². The lowest BCUT2D eigenvalue weighted by atomic mass is 9.84. The first-order valence-electron chi connectivity index (χ1n) is 12.6. The van der Waals surface area contributed by atoms with Gasteiger partial charge in [0.1, 0.15) is 0 Å². The van der Waals surface area contributed by atoms with E-state index in [4.69, 9.17) is 5.73 Å². The van der Waals surface area contributed by atoms with Gasteiger partial charge in [0.15, 0.2) is 0 Å². The topological polar surface area (TPSA) is 63.3 Å². The van der Waals surface area contributed by atoms with Crippen molar-refractivity contribution in [3.05, 3.63) is 0 Å². The van der Waals surface area contributed by atoms with Crippen LogP contribution in [0.25, 0.3) is 0 Å². The van der Waals surface area contributed by atoms with Crippen LogP contribution < -0.4 is 5.73 Å². The summed E-state index contributed by atoms with van der Waals surface area (Å²) in [6.45, 7) is 4.51. The highest BCUT2D eigenvalue weighted by Crippen LogP contribution is 2.24. The third kappa shape index (κ3) is 16.4. The van der Waals surface area contributed by atoms with Crippen molar-refractivity contribution in [3.63, 3.8) is 0 Å². The monoisotopic (exact) mass is 397 g/mol. The molecular weight excluding hydrogens is 346 g/mol. The Hall–Kier alpha value is -0.570. The largest absolute Gasteiger partial charge is 0.396 e. The minimum absolute atomic E-state index is 0.0593. The van der Waals surface area contributed by atoms with Crippen molar-refractivity contribution in [3.8, 4) is 0 Å². The van der Waals surface area contributed by atoms with E-state index in [1.165, 1.54) is 89.9 Å². The molecule has 0 bridgehead atoms. The van der Waals surface area contributed by atoms with Crippen LogP contribution in [0.1, 0.15) is 136 Å². The summed E-state index contributed by atoms with van der Waals surface area (Å²) in [6.07, 6.45) is 24.2. The minimum atomic E-state index is -0.222. The van der Waals surface area contributed by atoms with Crippen LogP contribution in [-0.4, -0.2) is 17.6 Å². The molecule has 0 heterocycles. The highest BCUT2D eigenvalue weighted by atomic mass is 16.3. The van der Waals surface area contributed by atoms with Crippen molar-refractivity contribution in [2.75, 3.05) is 6.61 Å². The number of carbonyl (C=O) groups excluding carboxylic acids is 1. The summed E-state index contributed by atoms with van der Waals surface area (Å²) in [5, 5.41) is 9.59. The van der Waals surface area contributed by atoms with Gasteiger partial charge in [-0.05, 0) is 18.8 Å². The van der Waals surface area contributed by atoms with E-state index in [-0.39, 0.29) is 24.3 Å². The Morgan fingerprint density at radius 2 is 1.04 bits per heavy atom. The van der Waals surface area contributed by atoms with Gasteiger partial charge in [0.05, 0.1) is 0 Å². The fourth-order valence-electron chi connectivity index (χ4n) is 4.23. The van der Waals surface area contributed by atoms with E-state index < -0.39 is 0 Å². The molecule has 0 saturated heterocycles. The highest BCUT2D eigenvalue weighted by Gasteiger charge is 2.24. The van der Waals surface area contributed by atoms with E-state index in [2.05, 4.69) is 13.8 Å². The van der Waals surface area contributed by atoms with Gasteiger partial charge in [0, 0.05) is 12.5 Å². The number of carbonyl (C=O) groups is 1. The van der Waals surface area contributed by atoms with Crippen molar-refractivity contribution in [1.29, 1.82) is 0 Å². The third-order valence-corrected chi connectivity index (χ3v) is 6.22. The molecule has 0 rings (SSSR count). The zero-order valence-corrected chi connectivity index (χ0v) is 19.2. The van der Waals surface area contributed by atoms with Crippen LogP contribution in [-0.2, 0) is 4.79 Å². The molecule has 3 N–H and O–H groups in total. The van der Waals surface area contributed by atoms with Gasteiger partial charge < -0.3 is 10.8 Å². The summed E-state index contributed by atoms with van der Waals surface area (Å²) in [5.41, 5.74) is 5.60. The normalized spacial score (nSPS) is 13.5. The third-order valence-electron chi connectivity index (χ3n) is 6.22. The van der Waals surface area contributed by atoms with Crippen molar-refractivity contribution in [1.82, 2.24) is 0 Å². The summed E-state index contributed by atoms with van der Waals surface area (Å²) in [5.74, 6) is -0.303. The summed E-state index contributed by atoms with van der Waals surface area (Å²) >= 11 is 0. The van der Waals surface area contributed by atoms with Gasteiger partial charge in [-0.25, -0.2) is 0 Å². The van der Waals surface area contributed by atoms with Crippen LogP contribution in [0.3, 0.4) is 0 Å². The summed E-state index contributed by atoms with van der Waals surface area (Å²) in [6, 6.07) is 0. The maximum Gasteiger partial charge on any atom is 0.220 e. The molecule has 2 unspecified atom stereocenters. The Labute approximate surface area is 176 Å². The zero-order chi connectivity index (χ0) is 20.9. The number of primary amides is 1. The number of amides is 1. The number of hydrogen-bond donors (Lipinski definition) is 2. The van der Waals surface area contributed by atoms with Gasteiger partial charge in [-0.15, -0.1) is 0 Å². The molecule has 0 aromatic carbocycles. The fourth-order valence-corrected chi connectivity index (χ4v) is 4.23. The first-order chi connectivity index (χ1) is 13.7. The molecule has 0 aliphatic heterocycles. The van der Waals surface area contributed by atoms with E-state index in [9.17, 15) is 9.90 Å². The van der Waals surface area contributed by atoms with Gasteiger partial charge in [0.2, 0.25) is 5.91 Å². The second-order valence-corrected chi connectivity index (χ2v) is 8.83. The van der Waals surface area contributed by atoms with E-state index in [0.29, 0.717) is 0 Å². The lowest BCUT2D eigenvalue weighted by Crippen LogP contribution is -2.32. The molecule has 3 heteroatoms. The molecule has 28 heavy (non-hydrogen) atoms. The molecule has 0 aliphatic carbocycles. The Morgan fingerprint density at radius 1 is 0.643 bits per heavy atom. The molecule has 0 aliphatic rings. The lowest BCUT2D eigenvalue weighted by molar-refractivity contribution is -0.124. The highest BCUT2D eigenvalue weighted by molar-refractivity contribution is 5.76. The number of unbranched alkanes of at least 4 members (excludes halogenated alkanes) is 15. The molecular formula is C25H51NO2. The number of rotatable bonds is 22. The summed E-state index contributed by atoms with van der Waals surface area (Å²) < 4.78 is 0. The van der Waals surface area contributed by atoms with Crippen molar-refractivity contribution < 1.29 is 9.90 Å². The van der Waals surface area contributed by atoms with Crippen molar-refractivity contribution >= 4 is 5.91 Å². The van der Waals surface area contributed by atoms with Crippen LogP contribution in [0.5, 0.6) is 0 Å². The molecule has 1 amide bonds. The quantitative estimate of drug-likeness (QED) is 0.190. The van der Waals surface area contributed by atoms with E-state index in [1.807, 2.05) is 0 Å². The second-order valence-electron chi connectivity index (χ2n) is 8.83. The smallest absolute Gasteiger partial charge is 0.220 e. The number of aliphatic hydroxyl groups is 1. The molecule has 168 valence electrons. The maximum absolute atomic E-state index is 11.8. The first-order valence-corrected chi connectivity index (χ1v) is 12.6. The molecule has 0 saturated carbocycles. The Balaban J connectivity index is 3.52. The van der Waals surface area contributed by atoms with Gasteiger partial charge in [-0.2, -0.15) is 0 Å². The SMILES string of the molecule is CCCCCCCCCCCCCCCCCC(C(N)=O)C(CO)CCCC. The summed E-state index contributed by atoms with van der Waals surface area (Å²) in [4.78, 5) is 11.8. The first kappa shape index (κ1) is 27.4. The maximum atomic E-state index is 11.8. The molecule has 0 radical (unpaired) electrons. The standard InChI is InChI=1S/C25H51NO2/c1-3-5-7-8-9-10-11-12-13-14-15-16-17-18-19-21-24(25(26)28)23(22-27)20-6-4-2/h23-24,27H,3-22H2,1-2H3,(H2,26,28). The zero-order valence-electron chi connectivity index (χ0n) is 19.2. The predicted octanol–water partition coefficient (Wildman–Crippen LogP) is 7.15. The average molecular weight is 398 g/mol. The van der Waals surface area contributed by atoms with Crippen LogP contribution in [0.4, 0.5) is 0 Å². The number of aliphatic hydroxyl groups excluding tert-OH is 1. The van der Waals surface area contributed by atoms with Crippen molar-refractivity contribution in [2.24, 2.45) is 17.6 Å².